The van der Waals surface area contributed by atoms with Crippen molar-refractivity contribution in [2.45, 2.75) is 52.3 Å². The maximum atomic E-state index is 13.0. The first-order valence-corrected chi connectivity index (χ1v) is 12.1. The largest absolute Gasteiger partial charge is 0.416 e. The van der Waals surface area contributed by atoms with Gasteiger partial charge in [0.1, 0.15) is 11.9 Å². The third-order valence-corrected chi connectivity index (χ3v) is 6.55. The summed E-state index contributed by atoms with van der Waals surface area (Å²) in [4.78, 5) is 21.6. The predicted octanol–water partition coefficient (Wildman–Crippen LogP) is 5.47. The van der Waals surface area contributed by atoms with Gasteiger partial charge in [0.15, 0.2) is 0 Å². The maximum absolute atomic E-state index is 13.0. The fraction of sp³-hybridized carbons (Fsp3) is 0.519. The molecular formula is C27H33F3N4O2. The summed E-state index contributed by atoms with van der Waals surface area (Å²) in [6, 6.07) is 8.85. The Labute approximate surface area is 210 Å². The third-order valence-electron chi connectivity index (χ3n) is 6.55. The van der Waals surface area contributed by atoms with Crippen molar-refractivity contribution in [3.63, 3.8) is 0 Å². The molecule has 1 amide bonds. The van der Waals surface area contributed by atoms with Gasteiger partial charge in [-0.3, -0.25) is 4.79 Å². The third kappa shape index (κ3) is 5.98. The molecule has 0 bridgehead atoms. The van der Waals surface area contributed by atoms with Crippen LogP contribution in [0.4, 0.5) is 19.0 Å². The number of anilines is 1. The number of nitrogens with zero attached hydrogens (tertiary/aromatic N) is 4. The molecule has 1 aromatic heterocycles. The standard InChI is InChI=1S/C27H33F3N4O2/c1-17(2)23-16-33(11-12-34(23)24(35)10-13-36-5)26-20(15-31)14-22(25(32-26)18(3)4)19-6-8-21(9-7-19)27(28,29)30/h6-9,14,17-18,23H,10-13,16H2,1-5H3. The lowest BCUT2D eigenvalue weighted by atomic mass is 9.94. The van der Waals surface area contributed by atoms with Crippen LogP contribution in [0.5, 0.6) is 0 Å². The van der Waals surface area contributed by atoms with Crippen molar-refractivity contribution in [3.05, 3.63) is 47.2 Å². The Hall–Kier alpha value is -3.12. The van der Waals surface area contributed by atoms with Gasteiger partial charge in [0.25, 0.3) is 0 Å². The number of carbonyl (C=O) groups excluding carboxylic acids is 1. The van der Waals surface area contributed by atoms with Crippen molar-refractivity contribution < 1.29 is 22.7 Å². The van der Waals surface area contributed by atoms with Crippen molar-refractivity contribution in [1.29, 1.82) is 5.26 Å². The van der Waals surface area contributed by atoms with Gasteiger partial charge in [-0.2, -0.15) is 18.4 Å². The number of hydrogen-bond donors (Lipinski definition) is 0. The van der Waals surface area contributed by atoms with Crippen LogP contribution in [0.25, 0.3) is 11.1 Å². The van der Waals surface area contributed by atoms with Crippen molar-refractivity contribution in [2.24, 2.45) is 5.92 Å². The Morgan fingerprint density at radius 3 is 2.39 bits per heavy atom. The highest BCUT2D eigenvalue weighted by Crippen LogP contribution is 2.36. The van der Waals surface area contributed by atoms with E-state index >= 15 is 0 Å². The molecule has 3 rings (SSSR count). The van der Waals surface area contributed by atoms with Crippen LogP contribution in [0.3, 0.4) is 0 Å². The lowest BCUT2D eigenvalue weighted by Gasteiger charge is -2.44. The van der Waals surface area contributed by atoms with E-state index in [9.17, 15) is 23.2 Å². The molecule has 1 aliphatic rings. The number of ether oxygens (including phenoxy) is 1. The Kier molecular flexibility index (Phi) is 8.62. The smallest absolute Gasteiger partial charge is 0.384 e. The summed E-state index contributed by atoms with van der Waals surface area (Å²) in [6.45, 7) is 10.0. The summed E-state index contributed by atoms with van der Waals surface area (Å²) in [7, 11) is 1.57. The van der Waals surface area contributed by atoms with Crippen LogP contribution >= 0.6 is 0 Å². The topological polar surface area (TPSA) is 69.5 Å². The summed E-state index contributed by atoms with van der Waals surface area (Å²) in [5.41, 5.74) is 1.57. The Balaban J connectivity index is 1.98. The Morgan fingerprint density at radius 2 is 1.86 bits per heavy atom. The zero-order valence-electron chi connectivity index (χ0n) is 21.4. The SMILES string of the molecule is COCCC(=O)N1CCN(c2nc(C(C)C)c(-c3ccc(C(F)(F)F)cc3)cc2C#N)CC1C(C)C. The van der Waals surface area contributed by atoms with Gasteiger partial charge in [-0.15, -0.1) is 0 Å². The fourth-order valence-corrected chi connectivity index (χ4v) is 4.57. The van der Waals surface area contributed by atoms with Crippen molar-refractivity contribution >= 4 is 11.7 Å². The number of methoxy groups -OCH3 is 1. The summed E-state index contributed by atoms with van der Waals surface area (Å²) in [5, 5.41) is 9.97. The molecule has 1 fully saturated rings. The molecule has 0 N–H and O–H groups in total. The number of halogens is 3. The van der Waals surface area contributed by atoms with Gasteiger partial charge in [0.05, 0.1) is 35.9 Å². The van der Waals surface area contributed by atoms with Gasteiger partial charge in [-0.1, -0.05) is 39.8 Å². The normalized spacial score (nSPS) is 16.5. The van der Waals surface area contributed by atoms with Gasteiger partial charge in [-0.05, 0) is 35.6 Å². The summed E-state index contributed by atoms with van der Waals surface area (Å²) < 4.78 is 44.2. The quantitative estimate of drug-likeness (QED) is 0.502. The first kappa shape index (κ1) is 27.5. The number of aromatic nitrogens is 1. The van der Waals surface area contributed by atoms with Crippen molar-refractivity contribution in [2.75, 3.05) is 38.3 Å². The van der Waals surface area contributed by atoms with E-state index < -0.39 is 11.7 Å². The van der Waals surface area contributed by atoms with Crippen LogP contribution in [0.1, 0.15) is 56.9 Å². The van der Waals surface area contributed by atoms with Gasteiger partial charge in [0.2, 0.25) is 5.91 Å². The van der Waals surface area contributed by atoms with Crippen LogP contribution in [0.2, 0.25) is 0 Å². The lowest BCUT2D eigenvalue weighted by molar-refractivity contribution is -0.137. The molecule has 1 unspecified atom stereocenters. The molecule has 1 aromatic carbocycles. The zero-order chi connectivity index (χ0) is 26.6. The van der Waals surface area contributed by atoms with Crippen LogP contribution in [-0.4, -0.2) is 55.2 Å². The molecule has 1 saturated heterocycles. The van der Waals surface area contributed by atoms with Gasteiger partial charge >= 0.3 is 6.18 Å². The first-order chi connectivity index (χ1) is 17.0. The lowest BCUT2D eigenvalue weighted by Crippen LogP contribution is -2.57. The maximum Gasteiger partial charge on any atom is 0.416 e. The number of rotatable bonds is 7. The molecule has 36 heavy (non-hydrogen) atoms. The van der Waals surface area contributed by atoms with E-state index in [4.69, 9.17) is 9.72 Å². The molecule has 1 aliphatic heterocycles. The van der Waals surface area contributed by atoms with Gasteiger partial charge in [0, 0.05) is 32.3 Å². The molecule has 0 aliphatic carbocycles. The van der Waals surface area contributed by atoms with Crippen LogP contribution in [0.15, 0.2) is 30.3 Å². The summed E-state index contributed by atoms with van der Waals surface area (Å²) >= 11 is 0. The average molecular weight is 503 g/mol. The molecule has 1 atom stereocenters. The number of amides is 1. The van der Waals surface area contributed by atoms with Crippen LogP contribution in [-0.2, 0) is 15.7 Å². The monoisotopic (exact) mass is 502 g/mol. The number of hydrogen-bond acceptors (Lipinski definition) is 5. The Morgan fingerprint density at radius 1 is 1.19 bits per heavy atom. The van der Waals surface area contributed by atoms with Gasteiger partial charge < -0.3 is 14.5 Å². The molecule has 2 heterocycles. The molecule has 0 spiro atoms. The summed E-state index contributed by atoms with van der Waals surface area (Å²) in [6.07, 6.45) is -4.10. The van der Waals surface area contributed by atoms with E-state index in [-0.39, 0.29) is 23.8 Å². The van der Waals surface area contributed by atoms with E-state index in [0.717, 1.165) is 12.1 Å². The number of pyridine rings is 1. The second-order valence-electron chi connectivity index (χ2n) is 9.72. The Bertz CT molecular complexity index is 1110. The fourth-order valence-electron chi connectivity index (χ4n) is 4.57. The second kappa shape index (κ2) is 11.3. The van der Waals surface area contributed by atoms with Crippen molar-refractivity contribution in [1.82, 2.24) is 9.88 Å². The molecular weight excluding hydrogens is 469 g/mol. The minimum Gasteiger partial charge on any atom is -0.384 e. The van der Waals surface area contributed by atoms with Crippen LogP contribution in [0, 0.1) is 17.2 Å². The molecule has 194 valence electrons. The molecule has 0 saturated carbocycles. The summed E-state index contributed by atoms with van der Waals surface area (Å²) in [5.74, 6) is 0.767. The number of nitriles is 1. The van der Waals surface area contributed by atoms with Crippen molar-refractivity contribution in [3.8, 4) is 17.2 Å². The zero-order valence-corrected chi connectivity index (χ0v) is 21.4. The minimum absolute atomic E-state index is 0.0217. The molecule has 9 heteroatoms. The highest BCUT2D eigenvalue weighted by molar-refractivity contribution is 5.77. The van der Waals surface area contributed by atoms with Crippen LogP contribution < -0.4 is 4.90 Å². The van der Waals surface area contributed by atoms with E-state index in [1.807, 2.05) is 23.6 Å². The number of carbonyl (C=O) groups is 1. The average Bonchev–Trinajstić information content (AvgIpc) is 2.85. The van der Waals surface area contributed by atoms with Gasteiger partial charge in [-0.25, -0.2) is 4.98 Å². The highest BCUT2D eigenvalue weighted by Gasteiger charge is 2.34. The highest BCUT2D eigenvalue weighted by atomic mass is 19.4. The van der Waals surface area contributed by atoms with E-state index in [1.54, 1.807) is 13.2 Å². The molecule has 6 nitrogen and oxygen atoms in total. The van der Waals surface area contributed by atoms with E-state index in [2.05, 4.69) is 19.9 Å². The van der Waals surface area contributed by atoms with E-state index in [0.29, 0.717) is 60.9 Å². The predicted molar refractivity (Wildman–Crippen MR) is 133 cm³/mol. The van der Waals surface area contributed by atoms with E-state index in [1.165, 1.54) is 12.1 Å². The number of piperazine rings is 1. The minimum atomic E-state index is -4.42. The first-order valence-electron chi connectivity index (χ1n) is 12.1. The molecule has 2 aromatic rings. The number of alkyl halides is 3. The second-order valence-corrected chi connectivity index (χ2v) is 9.72. The number of benzene rings is 1. The molecule has 0 radical (unpaired) electrons.